The van der Waals surface area contributed by atoms with Gasteiger partial charge in [-0.2, -0.15) is 0 Å². The van der Waals surface area contributed by atoms with Crippen molar-refractivity contribution in [2.75, 3.05) is 13.2 Å². The number of nitrogens with zero attached hydrogens (tertiary/aromatic N) is 2. The molecule has 1 heterocycles. The number of rotatable bonds is 7. The molecule has 0 aromatic heterocycles. The lowest BCUT2D eigenvalue weighted by atomic mass is 10.2. The molecule has 0 unspecified atom stereocenters. The summed E-state index contributed by atoms with van der Waals surface area (Å²) in [6, 6.07) is 15.1. The van der Waals surface area contributed by atoms with Crippen LogP contribution in [0.25, 0.3) is 6.08 Å². The zero-order valence-corrected chi connectivity index (χ0v) is 17.6. The number of likely N-dealkylation sites (N-methyl/N-ethyl adjacent to an activating group) is 1. The molecule has 3 rings (SSSR count). The quantitative estimate of drug-likeness (QED) is 0.403. The molecule has 0 saturated carbocycles. The van der Waals surface area contributed by atoms with Crippen LogP contribution in [0.15, 0.2) is 58.4 Å². The van der Waals surface area contributed by atoms with Gasteiger partial charge in [-0.15, -0.1) is 0 Å². The van der Waals surface area contributed by atoms with Crippen LogP contribution in [0, 0.1) is 0 Å². The van der Waals surface area contributed by atoms with Crippen LogP contribution in [-0.2, 0) is 4.79 Å². The number of para-hydroxylation sites is 1. The number of hydrogen-bond donors (Lipinski definition) is 0. The highest BCUT2D eigenvalue weighted by atomic mass is 35.5. The first-order valence-electron chi connectivity index (χ1n) is 9.40. The van der Waals surface area contributed by atoms with E-state index in [0.29, 0.717) is 28.2 Å². The van der Waals surface area contributed by atoms with Gasteiger partial charge in [0.1, 0.15) is 5.75 Å². The highest BCUT2D eigenvalue weighted by molar-refractivity contribution is 8.18. The zero-order chi connectivity index (χ0) is 19.9. The average molecular weight is 415 g/mol. The second-order valence-electron chi connectivity index (χ2n) is 6.27. The van der Waals surface area contributed by atoms with Crippen molar-refractivity contribution in [2.24, 2.45) is 4.99 Å². The van der Waals surface area contributed by atoms with E-state index in [1.54, 1.807) is 17.0 Å². The van der Waals surface area contributed by atoms with Crippen LogP contribution in [-0.4, -0.2) is 29.1 Å². The Morgan fingerprint density at radius 3 is 2.75 bits per heavy atom. The number of amidine groups is 1. The van der Waals surface area contributed by atoms with Gasteiger partial charge < -0.3 is 4.74 Å². The van der Waals surface area contributed by atoms with Gasteiger partial charge in [-0.25, -0.2) is 4.99 Å². The minimum Gasteiger partial charge on any atom is -0.493 e. The van der Waals surface area contributed by atoms with Gasteiger partial charge >= 0.3 is 0 Å². The van der Waals surface area contributed by atoms with Gasteiger partial charge in [0.15, 0.2) is 5.17 Å². The molecule has 28 heavy (non-hydrogen) atoms. The average Bonchev–Trinajstić information content (AvgIpc) is 2.97. The number of carbonyl (C=O) groups is 1. The van der Waals surface area contributed by atoms with Gasteiger partial charge in [0, 0.05) is 17.1 Å². The maximum atomic E-state index is 12.9. The summed E-state index contributed by atoms with van der Waals surface area (Å²) in [5, 5.41) is 1.28. The highest BCUT2D eigenvalue weighted by Gasteiger charge is 2.32. The van der Waals surface area contributed by atoms with Crippen LogP contribution < -0.4 is 4.74 Å². The number of unbranched alkanes of at least 4 members (excludes halogenated alkanes) is 1. The van der Waals surface area contributed by atoms with Gasteiger partial charge in [-0.1, -0.05) is 49.2 Å². The zero-order valence-electron chi connectivity index (χ0n) is 16.0. The molecule has 0 N–H and O–H groups in total. The van der Waals surface area contributed by atoms with Gasteiger partial charge in [0.25, 0.3) is 5.91 Å². The predicted molar refractivity (Wildman–Crippen MR) is 118 cm³/mol. The third-order valence-corrected chi connectivity index (χ3v) is 5.44. The molecule has 1 fully saturated rings. The van der Waals surface area contributed by atoms with E-state index in [4.69, 9.17) is 16.3 Å². The van der Waals surface area contributed by atoms with E-state index in [9.17, 15) is 4.79 Å². The van der Waals surface area contributed by atoms with E-state index >= 15 is 0 Å². The lowest BCUT2D eigenvalue weighted by Gasteiger charge is -2.12. The smallest absolute Gasteiger partial charge is 0.266 e. The minimum absolute atomic E-state index is 0.0448. The molecule has 1 saturated heterocycles. The summed E-state index contributed by atoms with van der Waals surface area (Å²) in [5.74, 6) is 0.747. The molecule has 1 aliphatic rings. The number of ether oxygens (including phenoxy) is 1. The molecular formula is C22H23ClN2O2S. The Hall–Kier alpha value is -2.24. The number of aliphatic imine (C=N–C) groups is 1. The number of halogens is 1. The van der Waals surface area contributed by atoms with Crippen molar-refractivity contribution in [1.29, 1.82) is 0 Å². The number of carbonyl (C=O) groups excluding carboxylic acids is 1. The van der Waals surface area contributed by atoms with Crippen molar-refractivity contribution >= 4 is 46.2 Å². The maximum absolute atomic E-state index is 12.9. The van der Waals surface area contributed by atoms with Gasteiger partial charge in [0.2, 0.25) is 0 Å². The van der Waals surface area contributed by atoms with Gasteiger partial charge in [-0.05, 0) is 55.4 Å². The summed E-state index contributed by atoms with van der Waals surface area (Å²) in [6.45, 7) is 5.29. The first-order valence-corrected chi connectivity index (χ1v) is 10.6. The van der Waals surface area contributed by atoms with Crippen molar-refractivity contribution in [1.82, 2.24) is 4.90 Å². The molecule has 2 aromatic rings. The molecule has 0 bridgehead atoms. The van der Waals surface area contributed by atoms with Crippen LogP contribution in [0.4, 0.5) is 5.69 Å². The fraction of sp³-hybridized carbons (Fsp3) is 0.273. The molecule has 2 aromatic carbocycles. The predicted octanol–water partition coefficient (Wildman–Crippen LogP) is 6.14. The van der Waals surface area contributed by atoms with Crippen molar-refractivity contribution in [3.63, 3.8) is 0 Å². The van der Waals surface area contributed by atoms with E-state index in [1.165, 1.54) is 11.8 Å². The number of amides is 1. The van der Waals surface area contributed by atoms with Gasteiger partial charge in [0.05, 0.1) is 17.2 Å². The Balaban J connectivity index is 1.88. The third kappa shape index (κ3) is 4.97. The molecule has 1 amide bonds. The Kier molecular flexibility index (Phi) is 7.18. The van der Waals surface area contributed by atoms with Crippen LogP contribution in [0.5, 0.6) is 5.75 Å². The van der Waals surface area contributed by atoms with Crippen molar-refractivity contribution in [3.05, 3.63) is 64.0 Å². The Morgan fingerprint density at radius 2 is 2.00 bits per heavy atom. The van der Waals surface area contributed by atoms with Crippen LogP contribution in [0.3, 0.4) is 0 Å². The van der Waals surface area contributed by atoms with Crippen molar-refractivity contribution in [2.45, 2.75) is 26.7 Å². The van der Waals surface area contributed by atoms with Crippen LogP contribution in [0.1, 0.15) is 32.3 Å². The summed E-state index contributed by atoms with van der Waals surface area (Å²) in [5.41, 5.74) is 1.63. The van der Waals surface area contributed by atoms with Crippen molar-refractivity contribution < 1.29 is 9.53 Å². The Morgan fingerprint density at radius 1 is 1.18 bits per heavy atom. The molecular weight excluding hydrogens is 392 g/mol. The van der Waals surface area contributed by atoms with E-state index in [1.807, 2.05) is 49.4 Å². The Bertz CT molecular complexity index is 911. The first-order chi connectivity index (χ1) is 13.6. The standard InChI is InChI=1S/C22H23ClN2O2S/c1-3-5-13-27-19-12-7-6-9-16(19)14-20-21(26)25(4-2)22(28-20)24-18-11-8-10-17(23)15-18/h6-12,14-15H,3-5,13H2,1-2H3/b20-14+,24-22?. The fourth-order valence-corrected chi connectivity index (χ4v) is 3.96. The SMILES string of the molecule is CCCCOc1ccccc1/C=C1/SC(=Nc2cccc(Cl)c2)N(CC)C1=O. The summed E-state index contributed by atoms with van der Waals surface area (Å²) < 4.78 is 5.89. The second-order valence-corrected chi connectivity index (χ2v) is 7.72. The topological polar surface area (TPSA) is 41.9 Å². The Labute approximate surface area is 175 Å². The van der Waals surface area contributed by atoms with E-state index in [2.05, 4.69) is 11.9 Å². The molecule has 4 nitrogen and oxygen atoms in total. The van der Waals surface area contributed by atoms with E-state index in [-0.39, 0.29) is 5.91 Å². The van der Waals surface area contributed by atoms with Gasteiger partial charge in [-0.3, -0.25) is 9.69 Å². The fourth-order valence-electron chi connectivity index (χ4n) is 2.73. The highest BCUT2D eigenvalue weighted by Crippen LogP contribution is 2.35. The largest absolute Gasteiger partial charge is 0.493 e. The van der Waals surface area contributed by atoms with Crippen LogP contribution in [0.2, 0.25) is 5.02 Å². The summed E-state index contributed by atoms with van der Waals surface area (Å²) in [7, 11) is 0. The first kappa shape index (κ1) is 20.5. The summed E-state index contributed by atoms with van der Waals surface area (Å²) >= 11 is 7.43. The number of thioether (sulfide) groups is 1. The summed E-state index contributed by atoms with van der Waals surface area (Å²) in [4.78, 5) is 19.8. The summed E-state index contributed by atoms with van der Waals surface area (Å²) in [6.07, 6.45) is 3.96. The molecule has 6 heteroatoms. The molecule has 146 valence electrons. The monoisotopic (exact) mass is 414 g/mol. The second kappa shape index (κ2) is 9.80. The number of hydrogen-bond acceptors (Lipinski definition) is 4. The lowest BCUT2D eigenvalue weighted by molar-refractivity contribution is -0.122. The maximum Gasteiger partial charge on any atom is 0.266 e. The number of benzene rings is 2. The van der Waals surface area contributed by atoms with E-state index in [0.717, 1.165) is 29.8 Å². The van der Waals surface area contributed by atoms with Crippen molar-refractivity contribution in [3.8, 4) is 5.75 Å². The molecule has 0 aliphatic carbocycles. The van der Waals surface area contributed by atoms with E-state index < -0.39 is 0 Å². The normalized spacial score (nSPS) is 17.0. The minimum atomic E-state index is -0.0448. The molecule has 1 aliphatic heterocycles. The molecule has 0 spiro atoms. The lowest BCUT2D eigenvalue weighted by Crippen LogP contribution is -2.28. The molecule has 0 atom stereocenters. The third-order valence-electron chi connectivity index (χ3n) is 4.20. The molecule has 0 radical (unpaired) electrons. The van der Waals surface area contributed by atoms with Crippen LogP contribution >= 0.6 is 23.4 Å².